The maximum atomic E-state index is 6.32. The minimum absolute atomic E-state index is 0.0310. The molecular formula is C15H17Cl2NO. The zero-order valence-corrected chi connectivity index (χ0v) is 12.6. The normalized spacial score (nSPS) is 12.6. The van der Waals surface area contributed by atoms with Gasteiger partial charge in [0.2, 0.25) is 0 Å². The van der Waals surface area contributed by atoms with Crippen molar-refractivity contribution in [3.05, 3.63) is 57.5 Å². The molecule has 1 unspecified atom stereocenters. The summed E-state index contributed by atoms with van der Waals surface area (Å²) in [6.07, 6.45) is 2.58. The average Bonchev–Trinajstić information content (AvgIpc) is 2.85. The number of furan rings is 1. The van der Waals surface area contributed by atoms with E-state index in [4.69, 9.17) is 27.6 Å². The third kappa shape index (κ3) is 3.14. The Morgan fingerprint density at radius 2 is 1.95 bits per heavy atom. The largest absolute Gasteiger partial charge is 0.469 e. The highest BCUT2D eigenvalue weighted by atomic mass is 35.5. The van der Waals surface area contributed by atoms with E-state index in [9.17, 15) is 0 Å². The number of hydrogen-bond donors (Lipinski definition) is 1. The van der Waals surface area contributed by atoms with Gasteiger partial charge in [-0.3, -0.25) is 0 Å². The van der Waals surface area contributed by atoms with Gasteiger partial charge in [-0.15, -0.1) is 0 Å². The second-order valence-corrected chi connectivity index (χ2v) is 5.15. The first-order chi connectivity index (χ1) is 9.17. The zero-order chi connectivity index (χ0) is 13.8. The Morgan fingerprint density at radius 3 is 2.58 bits per heavy atom. The molecule has 0 radical (unpaired) electrons. The number of nitrogens with one attached hydrogen (secondary N) is 1. The third-order valence-electron chi connectivity index (χ3n) is 3.09. The minimum atomic E-state index is 0.0310. The van der Waals surface area contributed by atoms with Crippen molar-refractivity contribution < 1.29 is 4.42 Å². The topological polar surface area (TPSA) is 25.2 Å². The van der Waals surface area contributed by atoms with Crippen molar-refractivity contribution in [1.29, 1.82) is 0 Å². The molecule has 1 heterocycles. The maximum absolute atomic E-state index is 6.32. The molecule has 0 bridgehead atoms. The molecule has 0 amide bonds. The lowest BCUT2D eigenvalue weighted by molar-refractivity contribution is 0.502. The van der Waals surface area contributed by atoms with Crippen molar-refractivity contribution in [2.75, 3.05) is 6.54 Å². The number of benzene rings is 1. The summed E-state index contributed by atoms with van der Waals surface area (Å²) in [7, 11) is 0. The van der Waals surface area contributed by atoms with Gasteiger partial charge in [0, 0.05) is 22.0 Å². The molecule has 0 aliphatic heterocycles. The number of rotatable bonds is 5. The first kappa shape index (κ1) is 14.4. The highest BCUT2D eigenvalue weighted by molar-refractivity contribution is 6.35. The molecule has 0 saturated carbocycles. The van der Waals surface area contributed by atoms with E-state index in [0.29, 0.717) is 10.0 Å². The van der Waals surface area contributed by atoms with E-state index in [2.05, 4.69) is 19.2 Å². The first-order valence-electron chi connectivity index (χ1n) is 6.42. The van der Waals surface area contributed by atoms with Crippen LogP contribution in [0, 0.1) is 0 Å². The van der Waals surface area contributed by atoms with Crippen LogP contribution in [0.4, 0.5) is 0 Å². The van der Waals surface area contributed by atoms with Gasteiger partial charge in [0.05, 0.1) is 12.3 Å². The summed E-state index contributed by atoms with van der Waals surface area (Å²) in [5.41, 5.74) is 2.15. The van der Waals surface area contributed by atoms with Gasteiger partial charge in [-0.1, -0.05) is 43.1 Å². The highest BCUT2D eigenvalue weighted by Gasteiger charge is 2.20. The summed E-state index contributed by atoms with van der Waals surface area (Å²) in [4.78, 5) is 0. The van der Waals surface area contributed by atoms with Crippen LogP contribution in [0.2, 0.25) is 10.0 Å². The zero-order valence-electron chi connectivity index (χ0n) is 11.0. The van der Waals surface area contributed by atoms with Gasteiger partial charge in [-0.2, -0.15) is 0 Å². The first-order valence-corrected chi connectivity index (χ1v) is 7.17. The molecule has 2 nitrogen and oxygen atoms in total. The molecule has 1 atom stereocenters. The molecule has 2 aromatic rings. The second-order valence-electron chi connectivity index (χ2n) is 4.31. The fourth-order valence-corrected chi connectivity index (χ4v) is 2.74. The summed E-state index contributed by atoms with van der Waals surface area (Å²) < 4.78 is 5.52. The predicted octanol–water partition coefficient (Wildman–Crippen LogP) is 4.85. The summed E-state index contributed by atoms with van der Waals surface area (Å²) >= 11 is 12.3. The molecule has 0 aliphatic rings. The Hall–Kier alpha value is -0.960. The van der Waals surface area contributed by atoms with Crippen LogP contribution in [0.5, 0.6) is 0 Å². The van der Waals surface area contributed by atoms with E-state index < -0.39 is 0 Å². The molecule has 1 aromatic heterocycles. The van der Waals surface area contributed by atoms with Crippen molar-refractivity contribution in [3.8, 4) is 0 Å². The van der Waals surface area contributed by atoms with Gasteiger partial charge in [0.15, 0.2) is 0 Å². The van der Waals surface area contributed by atoms with Gasteiger partial charge in [0.25, 0.3) is 0 Å². The lowest BCUT2D eigenvalue weighted by Crippen LogP contribution is -2.22. The molecule has 19 heavy (non-hydrogen) atoms. The lowest BCUT2D eigenvalue weighted by Gasteiger charge is -2.19. The van der Waals surface area contributed by atoms with Crippen LogP contribution >= 0.6 is 23.2 Å². The third-order valence-corrected chi connectivity index (χ3v) is 3.66. The van der Waals surface area contributed by atoms with Crippen LogP contribution in [0.3, 0.4) is 0 Å². The van der Waals surface area contributed by atoms with Crippen LogP contribution < -0.4 is 5.32 Å². The SMILES string of the molecule is CCNC(c1ccc(Cl)cc1Cl)c1ccoc1CC. The van der Waals surface area contributed by atoms with Crippen molar-refractivity contribution in [3.63, 3.8) is 0 Å². The van der Waals surface area contributed by atoms with E-state index >= 15 is 0 Å². The molecule has 1 N–H and O–H groups in total. The number of aryl methyl sites for hydroxylation is 1. The number of halogens is 2. The fourth-order valence-electron chi connectivity index (χ4n) is 2.22. The highest BCUT2D eigenvalue weighted by Crippen LogP contribution is 2.32. The monoisotopic (exact) mass is 297 g/mol. The quantitative estimate of drug-likeness (QED) is 0.853. The van der Waals surface area contributed by atoms with Gasteiger partial charge in [-0.05, 0) is 30.3 Å². The Morgan fingerprint density at radius 1 is 1.16 bits per heavy atom. The van der Waals surface area contributed by atoms with Crippen molar-refractivity contribution in [2.24, 2.45) is 0 Å². The van der Waals surface area contributed by atoms with Gasteiger partial charge < -0.3 is 9.73 Å². The van der Waals surface area contributed by atoms with Gasteiger partial charge >= 0.3 is 0 Å². The smallest absolute Gasteiger partial charge is 0.108 e. The summed E-state index contributed by atoms with van der Waals surface area (Å²) in [5.74, 6) is 0.983. The van der Waals surface area contributed by atoms with E-state index in [1.807, 2.05) is 18.2 Å². The molecule has 4 heteroatoms. The fraction of sp³-hybridized carbons (Fsp3) is 0.333. The Bertz CT molecular complexity index is 551. The average molecular weight is 298 g/mol. The van der Waals surface area contributed by atoms with Gasteiger partial charge in [-0.25, -0.2) is 0 Å². The molecule has 2 rings (SSSR count). The molecule has 0 aliphatic carbocycles. The summed E-state index contributed by atoms with van der Waals surface area (Å²) in [6, 6.07) is 7.62. The molecule has 0 fully saturated rings. The summed E-state index contributed by atoms with van der Waals surface area (Å²) in [5, 5.41) is 4.76. The van der Waals surface area contributed by atoms with E-state index in [1.54, 1.807) is 12.3 Å². The van der Waals surface area contributed by atoms with Crippen molar-refractivity contribution in [2.45, 2.75) is 26.3 Å². The Kier molecular flexibility index (Phi) is 4.92. The van der Waals surface area contributed by atoms with Crippen LogP contribution in [0.1, 0.15) is 36.8 Å². The van der Waals surface area contributed by atoms with Crippen LogP contribution in [-0.2, 0) is 6.42 Å². The van der Waals surface area contributed by atoms with Crippen molar-refractivity contribution in [1.82, 2.24) is 5.32 Å². The molecule has 0 saturated heterocycles. The molecule has 1 aromatic carbocycles. The Labute approximate surface area is 123 Å². The van der Waals surface area contributed by atoms with E-state index in [-0.39, 0.29) is 6.04 Å². The van der Waals surface area contributed by atoms with Crippen LogP contribution in [-0.4, -0.2) is 6.54 Å². The van der Waals surface area contributed by atoms with E-state index in [0.717, 1.165) is 29.9 Å². The molecule has 0 spiro atoms. The van der Waals surface area contributed by atoms with Gasteiger partial charge in [0.1, 0.15) is 5.76 Å². The Balaban J connectivity index is 2.45. The van der Waals surface area contributed by atoms with Crippen LogP contribution in [0.15, 0.2) is 34.9 Å². The van der Waals surface area contributed by atoms with Crippen LogP contribution in [0.25, 0.3) is 0 Å². The predicted molar refractivity (Wildman–Crippen MR) is 80.1 cm³/mol. The lowest BCUT2D eigenvalue weighted by atomic mass is 9.98. The molecule has 102 valence electrons. The molecular weight excluding hydrogens is 281 g/mol. The summed E-state index contributed by atoms with van der Waals surface area (Å²) in [6.45, 7) is 5.00. The number of hydrogen-bond acceptors (Lipinski definition) is 2. The second kappa shape index (κ2) is 6.47. The maximum Gasteiger partial charge on any atom is 0.108 e. The minimum Gasteiger partial charge on any atom is -0.469 e. The van der Waals surface area contributed by atoms with Crippen molar-refractivity contribution >= 4 is 23.2 Å². The van der Waals surface area contributed by atoms with E-state index in [1.165, 1.54) is 0 Å². The standard InChI is InChI=1S/C15H17Cl2NO/c1-3-14-12(7-8-19-14)15(18-4-2)11-6-5-10(16)9-13(11)17/h5-9,15,18H,3-4H2,1-2H3.